The van der Waals surface area contributed by atoms with Crippen molar-refractivity contribution < 1.29 is 13.9 Å². The first-order valence-corrected chi connectivity index (χ1v) is 4.28. The van der Waals surface area contributed by atoms with Gasteiger partial charge in [0.05, 0.1) is 13.2 Å². The molecule has 3 nitrogen and oxygen atoms in total. The molecule has 0 rings (SSSR count). The third kappa shape index (κ3) is 4.50. The average Bonchev–Trinajstić information content (AvgIpc) is 2.03. The normalized spacial score (nSPS) is 12.9. The molecule has 0 aliphatic heterocycles. The van der Waals surface area contributed by atoms with Gasteiger partial charge < -0.3 is 10.8 Å². The highest BCUT2D eigenvalue weighted by Crippen LogP contribution is 2.13. The fraction of sp³-hybridized carbons (Fsp3) is 1.00. The lowest BCUT2D eigenvalue weighted by Crippen LogP contribution is -2.52. The van der Waals surface area contributed by atoms with Gasteiger partial charge >= 0.3 is 0 Å². The summed E-state index contributed by atoms with van der Waals surface area (Å²) in [6.07, 6.45) is -2.39. The van der Waals surface area contributed by atoms with Gasteiger partial charge in [-0.15, -0.1) is 0 Å². The number of hydrogen-bond acceptors (Lipinski definition) is 3. The number of β-amino-alcohol motifs (C(OH)–C–C–N with tert-alkyl or cyclic N) is 1. The topological polar surface area (TPSA) is 49.5 Å². The molecule has 0 aliphatic carbocycles. The van der Waals surface area contributed by atoms with Crippen LogP contribution in [0, 0.1) is 0 Å². The molecule has 0 saturated heterocycles. The maximum Gasteiger partial charge on any atom is 0.251 e. The molecule has 0 aromatic heterocycles. The third-order valence-corrected chi connectivity index (χ3v) is 2.08. The molecule has 80 valence electrons. The molecule has 0 radical (unpaired) electrons. The zero-order valence-electron chi connectivity index (χ0n) is 8.13. The largest absolute Gasteiger partial charge is 0.395 e. The fourth-order valence-electron chi connectivity index (χ4n) is 1.06. The van der Waals surface area contributed by atoms with E-state index in [2.05, 4.69) is 0 Å². The van der Waals surface area contributed by atoms with Crippen molar-refractivity contribution in [2.75, 3.05) is 26.2 Å². The summed E-state index contributed by atoms with van der Waals surface area (Å²) >= 11 is 0. The van der Waals surface area contributed by atoms with E-state index in [-0.39, 0.29) is 19.7 Å². The van der Waals surface area contributed by atoms with Crippen molar-refractivity contribution in [3.05, 3.63) is 0 Å². The number of rotatable bonds is 6. The molecular weight excluding hydrogens is 178 g/mol. The Morgan fingerprint density at radius 1 is 1.46 bits per heavy atom. The van der Waals surface area contributed by atoms with E-state index >= 15 is 0 Å². The quantitative estimate of drug-likeness (QED) is 0.641. The monoisotopic (exact) mass is 196 g/mol. The van der Waals surface area contributed by atoms with Gasteiger partial charge in [0.15, 0.2) is 0 Å². The van der Waals surface area contributed by atoms with Crippen LogP contribution in [0.1, 0.15) is 13.8 Å². The minimum atomic E-state index is -2.39. The van der Waals surface area contributed by atoms with Gasteiger partial charge in [0.2, 0.25) is 0 Å². The molecule has 0 heterocycles. The van der Waals surface area contributed by atoms with Crippen LogP contribution in [0.4, 0.5) is 8.78 Å². The van der Waals surface area contributed by atoms with Crippen molar-refractivity contribution in [2.45, 2.75) is 25.8 Å². The minimum absolute atomic E-state index is 0.129. The molecule has 0 unspecified atom stereocenters. The van der Waals surface area contributed by atoms with Gasteiger partial charge in [0, 0.05) is 18.6 Å². The Labute approximate surface area is 77.5 Å². The zero-order valence-corrected chi connectivity index (χ0v) is 8.13. The molecule has 0 atom stereocenters. The van der Waals surface area contributed by atoms with Gasteiger partial charge in [0.1, 0.15) is 0 Å². The summed E-state index contributed by atoms with van der Waals surface area (Å²) in [6, 6.07) is 0. The molecule has 0 aliphatic rings. The van der Waals surface area contributed by atoms with E-state index in [4.69, 9.17) is 10.8 Å². The Bertz CT molecular complexity index is 142. The standard InChI is InChI=1S/C8H18F2N2O/c1-8(2,6-11)12(3-4-13)5-7(9)10/h7,13H,3-6,11H2,1-2H3. The molecule has 0 saturated carbocycles. The Morgan fingerprint density at radius 2 is 2.00 bits per heavy atom. The number of nitrogens with two attached hydrogens (primary N) is 1. The number of aliphatic hydroxyl groups is 1. The van der Waals surface area contributed by atoms with Crippen molar-refractivity contribution in [1.29, 1.82) is 0 Å². The SMILES string of the molecule is CC(C)(CN)N(CCO)CC(F)F. The van der Waals surface area contributed by atoms with Crippen molar-refractivity contribution in [2.24, 2.45) is 5.73 Å². The molecule has 0 aromatic carbocycles. The average molecular weight is 196 g/mol. The molecule has 0 spiro atoms. The highest BCUT2D eigenvalue weighted by molar-refractivity contribution is 4.82. The number of aliphatic hydroxyl groups excluding tert-OH is 1. The van der Waals surface area contributed by atoms with Gasteiger partial charge in [0.25, 0.3) is 6.43 Å². The molecule has 5 heteroatoms. The van der Waals surface area contributed by atoms with Crippen LogP contribution in [0.2, 0.25) is 0 Å². The van der Waals surface area contributed by atoms with Crippen LogP contribution in [0.3, 0.4) is 0 Å². The van der Waals surface area contributed by atoms with E-state index in [1.54, 1.807) is 13.8 Å². The summed E-state index contributed by atoms with van der Waals surface area (Å²) < 4.78 is 24.2. The van der Waals surface area contributed by atoms with E-state index < -0.39 is 12.0 Å². The number of nitrogens with zero attached hydrogens (tertiary/aromatic N) is 1. The summed E-state index contributed by atoms with van der Waals surface area (Å²) in [5, 5.41) is 8.68. The van der Waals surface area contributed by atoms with E-state index in [0.29, 0.717) is 6.54 Å². The van der Waals surface area contributed by atoms with E-state index in [9.17, 15) is 8.78 Å². The van der Waals surface area contributed by atoms with Gasteiger partial charge in [-0.05, 0) is 13.8 Å². The lowest BCUT2D eigenvalue weighted by molar-refractivity contribution is 0.0268. The van der Waals surface area contributed by atoms with Crippen LogP contribution in [-0.4, -0.2) is 48.2 Å². The van der Waals surface area contributed by atoms with Crippen molar-refractivity contribution in [1.82, 2.24) is 4.90 Å². The summed E-state index contributed by atoms with van der Waals surface area (Å²) in [4.78, 5) is 1.50. The van der Waals surface area contributed by atoms with E-state index in [1.165, 1.54) is 4.90 Å². The predicted octanol–water partition coefficient (Wildman–Crippen LogP) is 0.283. The molecular formula is C8H18F2N2O. The van der Waals surface area contributed by atoms with Crippen LogP contribution in [-0.2, 0) is 0 Å². The van der Waals surface area contributed by atoms with Crippen molar-refractivity contribution in [3.63, 3.8) is 0 Å². The van der Waals surface area contributed by atoms with Crippen molar-refractivity contribution >= 4 is 0 Å². The van der Waals surface area contributed by atoms with Crippen LogP contribution in [0.15, 0.2) is 0 Å². The van der Waals surface area contributed by atoms with Crippen LogP contribution in [0.5, 0.6) is 0 Å². The summed E-state index contributed by atoms with van der Waals surface area (Å²) in [5.41, 5.74) is 4.96. The molecule has 13 heavy (non-hydrogen) atoms. The Balaban J connectivity index is 4.22. The van der Waals surface area contributed by atoms with Gasteiger partial charge in [-0.1, -0.05) is 0 Å². The number of alkyl halides is 2. The third-order valence-electron chi connectivity index (χ3n) is 2.08. The van der Waals surface area contributed by atoms with Crippen LogP contribution >= 0.6 is 0 Å². The first-order chi connectivity index (χ1) is 5.94. The highest BCUT2D eigenvalue weighted by Gasteiger charge is 2.26. The highest BCUT2D eigenvalue weighted by atomic mass is 19.3. The maximum absolute atomic E-state index is 12.1. The second kappa shape index (κ2) is 5.47. The van der Waals surface area contributed by atoms with Gasteiger partial charge in [-0.3, -0.25) is 4.90 Å². The minimum Gasteiger partial charge on any atom is -0.395 e. The van der Waals surface area contributed by atoms with Crippen LogP contribution < -0.4 is 5.73 Å². The lowest BCUT2D eigenvalue weighted by Gasteiger charge is -2.37. The fourth-order valence-corrected chi connectivity index (χ4v) is 1.06. The Kier molecular flexibility index (Phi) is 5.36. The van der Waals surface area contributed by atoms with Crippen LogP contribution in [0.25, 0.3) is 0 Å². The molecule has 0 fully saturated rings. The molecule has 0 bridgehead atoms. The lowest BCUT2D eigenvalue weighted by atomic mass is 10.0. The smallest absolute Gasteiger partial charge is 0.251 e. The van der Waals surface area contributed by atoms with E-state index in [1.807, 2.05) is 0 Å². The summed E-state index contributed by atoms with van der Waals surface area (Å²) in [7, 11) is 0. The first-order valence-electron chi connectivity index (χ1n) is 4.28. The molecule has 0 amide bonds. The summed E-state index contributed by atoms with van der Waals surface area (Å²) in [5.74, 6) is 0. The predicted molar refractivity (Wildman–Crippen MR) is 47.8 cm³/mol. The maximum atomic E-state index is 12.1. The zero-order chi connectivity index (χ0) is 10.5. The Morgan fingerprint density at radius 3 is 2.31 bits per heavy atom. The number of halogens is 2. The second-order valence-electron chi connectivity index (χ2n) is 3.58. The molecule has 0 aromatic rings. The van der Waals surface area contributed by atoms with E-state index in [0.717, 1.165) is 0 Å². The van der Waals surface area contributed by atoms with Gasteiger partial charge in [-0.2, -0.15) is 0 Å². The van der Waals surface area contributed by atoms with Gasteiger partial charge in [-0.25, -0.2) is 8.78 Å². The summed E-state index contributed by atoms with van der Waals surface area (Å²) in [6.45, 7) is 3.62. The second-order valence-corrected chi connectivity index (χ2v) is 3.58. The molecule has 3 N–H and O–H groups in total. The number of hydrogen-bond donors (Lipinski definition) is 2. The first kappa shape index (κ1) is 12.7. The van der Waals surface area contributed by atoms with Crippen molar-refractivity contribution in [3.8, 4) is 0 Å². The Hall–Kier alpha value is -0.260.